The molecule has 0 saturated heterocycles. The number of benzene rings is 10. The molecule has 0 saturated carbocycles. The Morgan fingerprint density at radius 1 is 0.241 bits per heavy atom. The van der Waals surface area contributed by atoms with Gasteiger partial charge in [0.25, 0.3) is 0 Å². The average molecular weight is 719 g/mol. The fourth-order valence-electron chi connectivity index (χ4n) is 9.09. The number of hydrogen-bond acceptors (Lipinski definition) is 2. The molecule has 0 N–H and O–H groups in total. The van der Waals surface area contributed by atoms with E-state index < -0.39 is 0 Å². The molecule has 0 fully saturated rings. The van der Waals surface area contributed by atoms with E-state index in [0.717, 1.165) is 0 Å². The number of thiophene rings is 2. The Hall–Kier alpha value is -6.32. The second-order valence-electron chi connectivity index (χ2n) is 14.3. The van der Waals surface area contributed by atoms with Crippen molar-refractivity contribution in [2.75, 3.05) is 0 Å². The predicted octanol–water partition coefficient (Wildman–Crippen LogP) is 16.0. The molecule has 0 aliphatic rings. The van der Waals surface area contributed by atoms with Crippen molar-refractivity contribution in [3.8, 4) is 33.4 Å². The van der Waals surface area contributed by atoms with E-state index in [0.29, 0.717) is 0 Å². The van der Waals surface area contributed by atoms with Gasteiger partial charge in [0.1, 0.15) is 0 Å². The molecule has 0 atom stereocenters. The van der Waals surface area contributed by atoms with Crippen molar-refractivity contribution in [1.82, 2.24) is 0 Å². The van der Waals surface area contributed by atoms with Gasteiger partial charge in [-0.05, 0) is 83.9 Å². The van der Waals surface area contributed by atoms with Crippen LogP contribution >= 0.6 is 22.7 Å². The van der Waals surface area contributed by atoms with Gasteiger partial charge < -0.3 is 0 Å². The molecular formula is C52H30S2. The van der Waals surface area contributed by atoms with Crippen molar-refractivity contribution in [3.63, 3.8) is 0 Å². The molecule has 0 nitrogen and oxygen atoms in total. The second-order valence-corrected chi connectivity index (χ2v) is 16.4. The maximum atomic E-state index is 2.43. The molecule has 0 unspecified atom stereocenters. The molecule has 0 bridgehead atoms. The van der Waals surface area contributed by atoms with Gasteiger partial charge in [-0.2, -0.15) is 0 Å². The lowest BCUT2D eigenvalue weighted by molar-refractivity contribution is 1.66. The van der Waals surface area contributed by atoms with Crippen molar-refractivity contribution in [2.45, 2.75) is 0 Å². The van der Waals surface area contributed by atoms with Gasteiger partial charge in [0.15, 0.2) is 0 Å². The van der Waals surface area contributed by atoms with Gasteiger partial charge in [0, 0.05) is 51.1 Å². The van der Waals surface area contributed by atoms with Crippen molar-refractivity contribution < 1.29 is 0 Å². The molecule has 0 aliphatic heterocycles. The van der Waals surface area contributed by atoms with E-state index in [4.69, 9.17) is 0 Å². The van der Waals surface area contributed by atoms with Gasteiger partial charge in [-0.25, -0.2) is 0 Å². The fraction of sp³-hybridized carbons (Fsp3) is 0. The van der Waals surface area contributed by atoms with Crippen LogP contribution in [0.5, 0.6) is 0 Å². The van der Waals surface area contributed by atoms with Crippen molar-refractivity contribution >= 4 is 106 Å². The summed E-state index contributed by atoms with van der Waals surface area (Å²) in [7, 11) is 0. The summed E-state index contributed by atoms with van der Waals surface area (Å²) in [6, 6.07) is 67.7. The molecule has 10 aromatic carbocycles. The standard InChI is InChI=1S/C52H30S2/c1-2-12-31(13-3-1)49-37-17-6-8-19-39(37)50(40-20-9-7-18-38(40)49)41-24-23-33(34-14-4-5-15-35(34)41)32-22-29-48-46(30-32)45-28-27-43-44(52(45)54-48)26-25-42-36-16-10-11-21-47(36)53-51(42)43/h1-30H. The Morgan fingerprint density at radius 3 is 1.31 bits per heavy atom. The van der Waals surface area contributed by atoms with Gasteiger partial charge in [-0.15, -0.1) is 22.7 Å². The lowest BCUT2D eigenvalue weighted by Crippen LogP contribution is -1.92. The maximum Gasteiger partial charge on any atom is 0.0434 e. The topological polar surface area (TPSA) is 0 Å². The highest BCUT2D eigenvalue weighted by Crippen LogP contribution is 2.48. The quantitative estimate of drug-likeness (QED) is 0.160. The van der Waals surface area contributed by atoms with Gasteiger partial charge >= 0.3 is 0 Å². The third-order valence-electron chi connectivity index (χ3n) is 11.5. The van der Waals surface area contributed by atoms with Crippen LogP contribution in [0.4, 0.5) is 0 Å². The number of rotatable bonds is 3. The first-order valence-electron chi connectivity index (χ1n) is 18.5. The number of fused-ring (bicyclic) bond motifs is 12. The maximum absolute atomic E-state index is 2.43. The SMILES string of the molecule is c1ccc(-c2c3ccccc3c(-c3ccc(-c4ccc5sc6c(ccc7c6ccc6c8ccccc8sc67)c5c4)c4ccccc34)c3ccccc23)cc1. The minimum Gasteiger partial charge on any atom is -0.135 e. The Labute approximate surface area is 319 Å². The molecule has 0 aliphatic carbocycles. The van der Waals surface area contributed by atoms with Crippen LogP contribution < -0.4 is 0 Å². The van der Waals surface area contributed by atoms with Crippen molar-refractivity contribution in [2.24, 2.45) is 0 Å². The smallest absolute Gasteiger partial charge is 0.0434 e. The Morgan fingerprint density at radius 2 is 0.685 bits per heavy atom. The lowest BCUT2D eigenvalue weighted by Gasteiger charge is -2.19. The molecular weight excluding hydrogens is 689 g/mol. The van der Waals surface area contributed by atoms with Gasteiger partial charge in [0.2, 0.25) is 0 Å². The molecule has 0 amide bonds. The van der Waals surface area contributed by atoms with Crippen LogP contribution in [0, 0.1) is 0 Å². The van der Waals surface area contributed by atoms with Crippen molar-refractivity contribution in [1.29, 1.82) is 0 Å². The average Bonchev–Trinajstić information content (AvgIpc) is 3.81. The summed E-state index contributed by atoms with van der Waals surface area (Å²) in [4.78, 5) is 0. The van der Waals surface area contributed by atoms with E-state index in [1.165, 1.54) is 117 Å². The Balaban J connectivity index is 1.07. The predicted molar refractivity (Wildman–Crippen MR) is 239 cm³/mol. The minimum absolute atomic E-state index is 1.24. The number of hydrogen-bond donors (Lipinski definition) is 0. The zero-order chi connectivity index (χ0) is 35.3. The molecule has 2 aromatic heterocycles. The summed E-state index contributed by atoms with van der Waals surface area (Å²) in [5, 5.41) is 15.7. The van der Waals surface area contributed by atoms with Crippen LogP contribution in [0.1, 0.15) is 0 Å². The first kappa shape index (κ1) is 30.2. The molecule has 12 aromatic rings. The van der Waals surface area contributed by atoms with Crippen molar-refractivity contribution in [3.05, 3.63) is 182 Å². The normalized spacial score (nSPS) is 12.1. The van der Waals surface area contributed by atoms with Crippen LogP contribution in [-0.4, -0.2) is 0 Å². The summed E-state index contributed by atoms with van der Waals surface area (Å²) in [5.74, 6) is 0. The largest absolute Gasteiger partial charge is 0.135 e. The summed E-state index contributed by atoms with van der Waals surface area (Å²) >= 11 is 3.83. The fourth-order valence-corrected chi connectivity index (χ4v) is 11.5. The zero-order valence-corrected chi connectivity index (χ0v) is 30.8. The molecule has 2 heteroatoms. The summed E-state index contributed by atoms with van der Waals surface area (Å²) in [6.07, 6.45) is 0. The first-order valence-corrected chi connectivity index (χ1v) is 20.1. The van der Waals surface area contributed by atoms with Crippen LogP contribution in [0.15, 0.2) is 182 Å². The van der Waals surface area contributed by atoms with E-state index >= 15 is 0 Å². The summed E-state index contributed by atoms with van der Waals surface area (Å²) in [6.45, 7) is 0. The molecule has 250 valence electrons. The van der Waals surface area contributed by atoms with Crippen LogP contribution in [0.3, 0.4) is 0 Å². The van der Waals surface area contributed by atoms with Gasteiger partial charge in [-0.1, -0.05) is 164 Å². The van der Waals surface area contributed by atoms with Gasteiger partial charge in [0.05, 0.1) is 0 Å². The molecule has 54 heavy (non-hydrogen) atoms. The second kappa shape index (κ2) is 11.6. The highest BCUT2D eigenvalue weighted by Gasteiger charge is 2.20. The zero-order valence-electron chi connectivity index (χ0n) is 29.1. The van der Waals surface area contributed by atoms with E-state index in [9.17, 15) is 0 Å². The highest BCUT2D eigenvalue weighted by atomic mass is 32.1. The summed E-state index contributed by atoms with van der Waals surface area (Å²) in [5.41, 5.74) is 7.61. The molecule has 0 radical (unpaired) electrons. The Kier molecular flexibility index (Phi) is 6.48. The molecule has 2 heterocycles. The van der Waals surface area contributed by atoms with E-state index in [-0.39, 0.29) is 0 Å². The van der Waals surface area contributed by atoms with Crippen LogP contribution in [0.25, 0.3) is 117 Å². The lowest BCUT2D eigenvalue weighted by atomic mass is 9.84. The van der Waals surface area contributed by atoms with E-state index in [1.54, 1.807) is 0 Å². The van der Waals surface area contributed by atoms with E-state index in [1.807, 2.05) is 22.7 Å². The van der Waals surface area contributed by atoms with E-state index in [2.05, 4.69) is 182 Å². The van der Waals surface area contributed by atoms with Crippen LogP contribution in [0.2, 0.25) is 0 Å². The van der Waals surface area contributed by atoms with Gasteiger partial charge in [-0.3, -0.25) is 0 Å². The molecule has 12 rings (SSSR count). The first-order chi connectivity index (χ1) is 26.8. The third-order valence-corrected chi connectivity index (χ3v) is 13.9. The molecule has 0 spiro atoms. The summed E-state index contributed by atoms with van der Waals surface area (Å²) < 4.78 is 5.44. The third kappa shape index (κ3) is 4.30. The highest BCUT2D eigenvalue weighted by molar-refractivity contribution is 7.28. The van der Waals surface area contributed by atoms with Crippen LogP contribution in [-0.2, 0) is 0 Å². The Bertz CT molecular complexity index is 3430. The minimum atomic E-state index is 1.24. The monoisotopic (exact) mass is 718 g/mol.